The molecule has 1 heterocycles. The molecule has 1 aromatic rings. The average Bonchev–Trinajstić information content (AvgIpc) is 2.55. The fraction of sp³-hybridized carbons (Fsp3) is 0.556. The van der Waals surface area contributed by atoms with E-state index in [4.69, 9.17) is 19.8 Å². The van der Waals surface area contributed by atoms with Crippen molar-refractivity contribution in [3.63, 3.8) is 0 Å². The molecule has 1 atom stereocenters. The van der Waals surface area contributed by atoms with Crippen molar-refractivity contribution in [1.82, 2.24) is 9.80 Å². The number of carbonyl (C=O) groups is 2. The second-order valence-corrected chi connectivity index (χ2v) is 6.17. The Bertz CT molecular complexity index is 528. The van der Waals surface area contributed by atoms with Crippen LogP contribution < -0.4 is 0 Å². The monoisotopic (exact) mass is 336 g/mol. The first kappa shape index (κ1) is 20.1. The van der Waals surface area contributed by atoms with Crippen molar-refractivity contribution in [2.45, 2.75) is 39.8 Å². The predicted molar refractivity (Wildman–Crippen MR) is 93.1 cm³/mol. The second kappa shape index (κ2) is 10.1. The summed E-state index contributed by atoms with van der Waals surface area (Å²) in [7, 11) is 0. The average molecular weight is 336 g/mol. The van der Waals surface area contributed by atoms with Gasteiger partial charge in [-0.05, 0) is 25.8 Å². The summed E-state index contributed by atoms with van der Waals surface area (Å²) in [5.41, 5.74) is 2.82. The number of hydrogen-bond donors (Lipinski definition) is 2. The van der Waals surface area contributed by atoms with Crippen molar-refractivity contribution < 1.29 is 19.8 Å². The van der Waals surface area contributed by atoms with Crippen molar-refractivity contribution in [3.8, 4) is 0 Å². The Hall–Kier alpha value is -1.92. The normalized spacial score (nSPS) is 16.8. The van der Waals surface area contributed by atoms with E-state index in [1.54, 1.807) is 0 Å². The first-order valence-electron chi connectivity index (χ1n) is 8.31. The molecule has 0 spiro atoms. The number of aliphatic carboxylic acids is 2. The molecule has 6 heteroatoms. The number of carboxylic acid groups (broad SMARTS) is 2. The number of benzene rings is 1. The van der Waals surface area contributed by atoms with E-state index in [1.165, 1.54) is 43.7 Å². The summed E-state index contributed by atoms with van der Waals surface area (Å²) < 4.78 is 0. The Morgan fingerprint density at radius 1 is 1.12 bits per heavy atom. The van der Waals surface area contributed by atoms with Crippen molar-refractivity contribution in [3.05, 3.63) is 35.4 Å². The third-order valence-corrected chi connectivity index (χ3v) is 4.29. The summed E-state index contributed by atoms with van der Waals surface area (Å²) in [5, 5.41) is 14.8. The number of nitrogens with zero attached hydrogens (tertiary/aromatic N) is 2. The Morgan fingerprint density at radius 3 is 2.17 bits per heavy atom. The van der Waals surface area contributed by atoms with E-state index in [-0.39, 0.29) is 0 Å². The number of rotatable bonds is 4. The van der Waals surface area contributed by atoms with E-state index in [9.17, 15) is 0 Å². The van der Waals surface area contributed by atoms with E-state index in [2.05, 4.69) is 54.8 Å². The highest BCUT2D eigenvalue weighted by molar-refractivity contribution is 6.27. The molecule has 0 bridgehead atoms. The van der Waals surface area contributed by atoms with Crippen LogP contribution in [0.25, 0.3) is 0 Å². The van der Waals surface area contributed by atoms with E-state index in [1.807, 2.05) is 0 Å². The Balaban J connectivity index is 0.000000413. The Morgan fingerprint density at radius 2 is 1.71 bits per heavy atom. The minimum Gasteiger partial charge on any atom is -0.473 e. The molecule has 0 aromatic heterocycles. The second-order valence-electron chi connectivity index (χ2n) is 6.17. The van der Waals surface area contributed by atoms with Crippen LogP contribution in [0.4, 0.5) is 0 Å². The minimum atomic E-state index is -1.82. The number of hydrogen-bond acceptors (Lipinski definition) is 4. The van der Waals surface area contributed by atoms with Gasteiger partial charge < -0.3 is 10.2 Å². The van der Waals surface area contributed by atoms with Crippen molar-refractivity contribution >= 4 is 11.9 Å². The number of aryl methyl sites for hydroxylation is 1. The highest BCUT2D eigenvalue weighted by Gasteiger charge is 2.19. The quantitative estimate of drug-likeness (QED) is 0.819. The molecule has 1 fully saturated rings. The molecule has 2 rings (SSSR count). The Labute approximate surface area is 143 Å². The van der Waals surface area contributed by atoms with E-state index >= 15 is 0 Å². The Kier molecular flexibility index (Phi) is 8.43. The third-order valence-electron chi connectivity index (χ3n) is 4.29. The number of piperazine rings is 1. The van der Waals surface area contributed by atoms with Gasteiger partial charge in [0.1, 0.15) is 0 Å². The van der Waals surface area contributed by atoms with Crippen molar-refractivity contribution in [2.75, 3.05) is 26.2 Å². The fourth-order valence-corrected chi connectivity index (χ4v) is 2.69. The van der Waals surface area contributed by atoms with Gasteiger partial charge in [0, 0.05) is 38.8 Å². The van der Waals surface area contributed by atoms with Gasteiger partial charge in [-0.15, -0.1) is 0 Å². The molecular weight excluding hydrogens is 308 g/mol. The molecule has 0 radical (unpaired) electrons. The molecule has 6 nitrogen and oxygen atoms in total. The van der Waals surface area contributed by atoms with E-state index < -0.39 is 11.9 Å². The van der Waals surface area contributed by atoms with Crippen LogP contribution in [0, 0.1) is 6.92 Å². The maximum absolute atomic E-state index is 9.10. The van der Waals surface area contributed by atoms with Crippen LogP contribution in [0.15, 0.2) is 24.3 Å². The first-order chi connectivity index (χ1) is 11.3. The molecule has 0 saturated carbocycles. The summed E-state index contributed by atoms with van der Waals surface area (Å²) in [4.78, 5) is 23.4. The number of carboxylic acids is 2. The summed E-state index contributed by atoms with van der Waals surface area (Å²) >= 11 is 0. The molecule has 0 aliphatic carbocycles. The molecule has 134 valence electrons. The summed E-state index contributed by atoms with van der Waals surface area (Å²) in [6, 6.07) is 9.63. The third kappa shape index (κ3) is 7.10. The van der Waals surface area contributed by atoms with Crippen LogP contribution in [0.5, 0.6) is 0 Å². The van der Waals surface area contributed by atoms with Gasteiger partial charge >= 0.3 is 11.9 Å². The molecule has 1 aromatic carbocycles. The van der Waals surface area contributed by atoms with Crippen molar-refractivity contribution in [1.29, 1.82) is 0 Å². The van der Waals surface area contributed by atoms with E-state index in [0.717, 1.165) is 12.6 Å². The highest BCUT2D eigenvalue weighted by Crippen LogP contribution is 2.12. The van der Waals surface area contributed by atoms with Gasteiger partial charge in [0.2, 0.25) is 0 Å². The smallest absolute Gasteiger partial charge is 0.414 e. The fourth-order valence-electron chi connectivity index (χ4n) is 2.69. The van der Waals surface area contributed by atoms with Gasteiger partial charge in [0.25, 0.3) is 0 Å². The largest absolute Gasteiger partial charge is 0.473 e. The van der Waals surface area contributed by atoms with Gasteiger partial charge in [0.15, 0.2) is 0 Å². The van der Waals surface area contributed by atoms with Crippen LogP contribution >= 0.6 is 0 Å². The molecule has 0 amide bonds. The highest BCUT2D eigenvalue weighted by atomic mass is 16.4. The zero-order chi connectivity index (χ0) is 18.1. The van der Waals surface area contributed by atoms with Gasteiger partial charge in [-0.1, -0.05) is 36.8 Å². The molecular formula is C18H28N2O4. The van der Waals surface area contributed by atoms with Crippen molar-refractivity contribution in [2.24, 2.45) is 0 Å². The lowest BCUT2D eigenvalue weighted by Crippen LogP contribution is -2.48. The lowest BCUT2D eigenvalue weighted by molar-refractivity contribution is -0.159. The van der Waals surface area contributed by atoms with Crippen LogP contribution in [0.1, 0.15) is 31.4 Å². The maximum atomic E-state index is 9.10. The van der Waals surface area contributed by atoms with E-state index in [0.29, 0.717) is 0 Å². The molecule has 24 heavy (non-hydrogen) atoms. The van der Waals surface area contributed by atoms with Crippen LogP contribution in [-0.2, 0) is 16.1 Å². The summed E-state index contributed by atoms with van der Waals surface area (Å²) in [6.45, 7) is 12.8. The molecule has 1 saturated heterocycles. The summed E-state index contributed by atoms with van der Waals surface area (Å²) in [5.74, 6) is -3.65. The standard InChI is InChI=1S/C16H26N2.C2H2O4/c1-4-15(3)18-10-8-17(9-11-18)13-16-7-5-6-14(2)12-16;3-1(4)2(5)6/h5-7,12,15H,4,8-11,13H2,1-3H3;(H,3,4)(H,5,6). The van der Waals surface area contributed by atoms with Crippen LogP contribution in [0.2, 0.25) is 0 Å². The SMILES string of the molecule is CCC(C)N1CCN(Cc2cccc(C)c2)CC1.O=C(O)C(=O)O. The molecule has 2 N–H and O–H groups in total. The zero-order valence-electron chi connectivity index (χ0n) is 14.7. The molecule has 1 aliphatic heterocycles. The summed E-state index contributed by atoms with van der Waals surface area (Å²) in [6.07, 6.45) is 1.26. The van der Waals surface area contributed by atoms with Gasteiger partial charge in [-0.25, -0.2) is 9.59 Å². The molecule has 1 unspecified atom stereocenters. The van der Waals surface area contributed by atoms with Gasteiger partial charge in [0.05, 0.1) is 0 Å². The topological polar surface area (TPSA) is 81.1 Å². The maximum Gasteiger partial charge on any atom is 0.414 e. The van der Waals surface area contributed by atoms with Crippen LogP contribution in [-0.4, -0.2) is 64.2 Å². The van der Waals surface area contributed by atoms with Gasteiger partial charge in [-0.2, -0.15) is 0 Å². The molecule has 1 aliphatic rings. The minimum absolute atomic E-state index is 0.742. The lowest BCUT2D eigenvalue weighted by Gasteiger charge is -2.37. The van der Waals surface area contributed by atoms with Gasteiger partial charge in [-0.3, -0.25) is 9.80 Å². The predicted octanol–water partition coefficient (Wildman–Crippen LogP) is 2.07. The van der Waals surface area contributed by atoms with Crippen LogP contribution in [0.3, 0.4) is 0 Å². The lowest BCUT2D eigenvalue weighted by atomic mass is 10.1. The first-order valence-corrected chi connectivity index (χ1v) is 8.31. The zero-order valence-corrected chi connectivity index (χ0v) is 14.7.